The second kappa shape index (κ2) is 9.29. The third-order valence-electron chi connectivity index (χ3n) is 4.79. The van der Waals surface area contributed by atoms with Gasteiger partial charge in [-0.05, 0) is 18.2 Å². The molecule has 0 unspecified atom stereocenters. The lowest BCUT2D eigenvalue weighted by atomic mass is 10.0. The van der Waals surface area contributed by atoms with Gasteiger partial charge < -0.3 is 15.8 Å². The summed E-state index contributed by atoms with van der Waals surface area (Å²) in [5.74, 6) is 0.150. The summed E-state index contributed by atoms with van der Waals surface area (Å²) in [5, 5.41) is 3.36. The smallest absolute Gasteiger partial charge is 0.222 e. The van der Waals surface area contributed by atoms with Crippen molar-refractivity contribution in [3.63, 3.8) is 0 Å². The number of nitrogen functional groups attached to an aromatic ring is 1. The fourth-order valence-corrected chi connectivity index (χ4v) is 3.50. The number of hydrogen-bond acceptors (Lipinski definition) is 8. The van der Waals surface area contributed by atoms with Crippen LogP contribution in [0.4, 0.5) is 16.2 Å². The van der Waals surface area contributed by atoms with Crippen molar-refractivity contribution in [2.75, 3.05) is 50.4 Å². The Morgan fingerprint density at radius 2 is 1.90 bits per heavy atom. The molecule has 0 bridgehead atoms. The SMILES string of the molecule is Nc1nc(NCCN2CCOCC2)c(-c2cncnc2)c(-c2ccc(F)c(Cl)c2)n1. The van der Waals surface area contributed by atoms with Crippen LogP contribution in [0.15, 0.2) is 36.9 Å². The number of nitrogens with two attached hydrogens (primary N) is 1. The molecular formula is C20H21ClFN7O. The Morgan fingerprint density at radius 3 is 2.63 bits per heavy atom. The Labute approximate surface area is 178 Å². The molecule has 1 aliphatic rings. The summed E-state index contributed by atoms with van der Waals surface area (Å²) < 4.78 is 19.1. The molecule has 0 atom stereocenters. The highest BCUT2D eigenvalue weighted by molar-refractivity contribution is 6.31. The van der Waals surface area contributed by atoms with Crippen molar-refractivity contribution < 1.29 is 9.13 Å². The molecule has 2 aromatic heterocycles. The van der Waals surface area contributed by atoms with Crippen LogP contribution in [0.5, 0.6) is 0 Å². The zero-order valence-corrected chi connectivity index (χ0v) is 16.9. The summed E-state index contributed by atoms with van der Waals surface area (Å²) in [7, 11) is 0. The van der Waals surface area contributed by atoms with Crippen molar-refractivity contribution in [1.29, 1.82) is 0 Å². The molecular weight excluding hydrogens is 409 g/mol. The quantitative estimate of drug-likeness (QED) is 0.616. The minimum Gasteiger partial charge on any atom is -0.379 e. The van der Waals surface area contributed by atoms with Crippen LogP contribution in [0.1, 0.15) is 0 Å². The van der Waals surface area contributed by atoms with E-state index in [2.05, 4.69) is 30.2 Å². The van der Waals surface area contributed by atoms with Gasteiger partial charge in [-0.15, -0.1) is 0 Å². The third-order valence-corrected chi connectivity index (χ3v) is 5.08. The normalized spacial score (nSPS) is 14.6. The maximum absolute atomic E-state index is 13.7. The highest BCUT2D eigenvalue weighted by atomic mass is 35.5. The number of halogens is 2. The summed E-state index contributed by atoms with van der Waals surface area (Å²) in [4.78, 5) is 19.4. The Hall–Kier alpha value is -2.88. The van der Waals surface area contributed by atoms with E-state index in [4.69, 9.17) is 22.1 Å². The summed E-state index contributed by atoms with van der Waals surface area (Å²) in [6.07, 6.45) is 4.79. The lowest BCUT2D eigenvalue weighted by molar-refractivity contribution is 0.0398. The highest BCUT2D eigenvalue weighted by Gasteiger charge is 2.19. The molecule has 0 spiro atoms. The number of hydrogen-bond donors (Lipinski definition) is 2. The van der Waals surface area contributed by atoms with Gasteiger partial charge in [-0.2, -0.15) is 4.98 Å². The van der Waals surface area contributed by atoms with Gasteiger partial charge in [0.1, 0.15) is 18.0 Å². The van der Waals surface area contributed by atoms with Gasteiger partial charge in [0.25, 0.3) is 0 Å². The van der Waals surface area contributed by atoms with Gasteiger partial charge in [0.05, 0.1) is 29.5 Å². The van der Waals surface area contributed by atoms with Crippen LogP contribution in [0.25, 0.3) is 22.4 Å². The van der Waals surface area contributed by atoms with Crippen molar-refractivity contribution in [1.82, 2.24) is 24.8 Å². The van der Waals surface area contributed by atoms with Gasteiger partial charge in [-0.3, -0.25) is 4.90 Å². The van der Waals surface area contributed by atoms with Crippen LogP contribution in [-0.2, 0) is 4.74 Å². The molecule has 8 nitrogen and oxygen atoms in total. The van der Waals surface area contributed by atoms with Gasteiger partial charge in [0.15, 0.2) is 0 Å². The van der Waals surface area contributed by atoms with Gasteiger partial charge in [0, 0.05) is 49.7 Å². The first-order chi connectivity index (χ1) is 14.6. The van der Waals surface area contributed by atoms with E-state index < -0.39 is 5.82 Å². The number of rotatable bonds is 6. The zero-order valence-electron chi connectivity index (χ0n) is 16.2. The first kappa shape index (κ1) is 20.4. The lowest BCUT2D eigenvalue weighted by Crippen LogP contribution is -2.39. The fourth-order valence-electron chi connectivity index (χ4n) is 3.32. The third kappa shape index (κ3) is 4.64. The van der Waals surface area contributed by atoms with Crippen LogP contribution < -0.4 is 11.1 Å². The van der Waals surface area contributed by atoms with E-state index >= 15 is 0 Å². The topological polar surface area (TPSA) is 102 Å². The number of nitrogens with zero attached hydrogens (tertiary/aromatic N) is 5. The molecule has 0 saturated carbocycles. The number of anilines is 2. The molecule has 0 radical (unpaired) electrons. The summed E-state index contributed by atoms with van der Waals surface area (Å²) >= 11 is 6.01. The Bertz CT molecular complexity index is 1020. The first-order valence-electron chi connectivity index (χ1n) is 9.54. The van der Waals surface area contributed by atoms with Crippen molar-refractivity contribution in [3.05, 3.63) is 47.8 Å². The second-order valence-electron chi connectivity index (χ2n) is 6.79. The molecule has 156 valence electrons. The van der Waals surface area contributed by atoms with E-state index in [1.807, 2.05) is 0 Å². The lowest BCUT2D eigenvalue weighted by Gasteiger charge is -2.26. The predicted molar refractivity (Wildman–Crippen MR) is 114 cm³/mol. The van der Waals surface area contributed by atoms with Gasteiger partial charge in [0.2, 0.25) is 5.95 Å². The van der Waals surface area contributed by atoms with E-state index in [-0.39, 0.29) is 11.0 Å². The molecule has 3 aromatic rings. The highest BCUT2D eigenvalue weighted by Crippen LogP contribution is 2.36. The van der Waals surface area contributed by atoms with E-state index in [1.54, 1.807) is 18.5 Å². The number of aromatic nitrogens is 4. The van der Waals surface area contributed by atoms with Crippen LogP contribution in [-0.4, -0.2) is 64.2 Å². The maximum Gasteiger partial charge on any atom is 0.222 e. The molecule has 1 aliphatic heterocycles. The average Bonchev–Trinajstić information content (AvgIpc) is 2.76. The molecule has 1 aromatic carbocycles. The molecule has 3 N–H and O–H groups in total. The van der Waals surface area contributed by atoms with E-state index in [9.17, 15) is 4.39 Å². The van der Waals surface area contributed by atoms with Crippen LogP contribution in [0.2, 0.25) is 5.02 Å². The summed E-state index contributed by atoms with van der Waals surface area (Å²) in [6.45, 7) is 4.75. The summed E-state index contributed by atoms with van der Waals surface area (Å²) in [6, 6.07) is 4.42. The molecule has 3 heterocycles. The molecule has 1 fully saturated rings. The number of morpholine rings is 1. The summed E-state index contributed by atoms with van der Waals surface area (Å²) in [5.41, 5.74) is 8.52. The first-order valence-corrected chi connectivity index (χ1v) is 9.92. The molecule has 0 amide bonds. The Morgan fingerprint density at radius 1 is 1.13 bits per heavy atom. The number of ether oxygens (including phenoxy) is 1. The predicted octanol–water partition coefficient (Wildman–Crippen LogP) is 2.72. The number of benzene rings is 1. The maximum atomic E-state index is 13.7. The Balaban J connectivity index is 1.71. The van der Waals surface area contributed by atoms with E-state index in [0.717, 1.165) is 32.8 Å². The van der Waals surface area contributed by atoms with Gasteiger partial charge in [-0.25, -0.2) is 19.3 Å². The van der Waals surface area contributed by atoms with Crippen LogP contribution in [0.3, 0.4) is 0 Å². The van der Waals surface area contributed by atoms with Crippen molar-refractivity contribution in [2.45, 2.75) is 0 Å². The van der Waals surface area contributed by atoms with Gasteiger partial charge >= 0.3 is 0 Å². The Kier molecular flexibility index (Phi) is 6.32. The minimum atomic E-state index is -0.504. The number of nitrogens with one attached hydrogen (secondary N) is 1. The molecule has 1 saturated heterocycles. The molecule has 10 heteroatoms. The van der Waals surface area contributed by atoms with Crippen LogP contribution >= 0.6 is 11.6 Å². The monoisotopic (exact) mass is 429 g/mol. The molecule has 30 heavy (non-hydrogen) atoms. The van der Waals surface area contributed by atoms with Crippen LogP contribution in [0, 0.1) is 5.82 Å². The van der Waals surface area contributed by atoms with E-state index in [0.29, 0.717) is 34.7 Å². The van der Waals surface area contributed by atoms with Crippen molar-refractivity contribution in [3.8, 4) is 22.4 Å². The van der Waals surface area contributed by atoms with Crippen molar-refractivity contribution >= 4 is 23.4 Å². The average molecular weight is 430 g/mol. The minimum absolute atomic E-state index is 0.00164. The molecule has 0 aliphatic carbocycles. The van der Waals surface area contributed by atoms with E-state index in [1.165, 1.54) is 18.5 Å². The van der Waals surface area contributed by atoms with Gasteiger partial charge in [-0.1, -0.05) is 11.6 Å². The molecule has 4 rings (SSSR count). The largest absolute Gasteiger partial charge is 0.379 e. The fraction of sp³-hybridized carbons (Fsp3) is 0.300. The van der Waals surface area contributed by atoms with Crippen molar-refractivity contribution in [2.24, 2.45) is 0 Å². The second-order valence-corrected chi connectivity index (χ2v) is 7.20. The zero-order chi connectivity index (χ0) is 20.9. The standard InChI is InChI=1S/C20H21ClFN7O/c21-15-9-13(1-2-16(15)22)18-17(14-10-24-12-25-11-14)19(28-20(23)27-18)26-3-4-29-5-7-30-8-6-29/h1-2,9-12H,3-8H2,(H3,23,26,27,28).